The van der Waals surface area contributed by atoms with Crippen LogP contribution in [0.4, 0.5) is 0 Å². The third kappa shape index (κ3) is 4.99. The molecule has 0 fully saturated rings. The first-order valence-corrected chi connectivity index (χ1v) is 22.1. The summed E-state index contributed by atoms with van der Waals surface area (Å²) in [5.41, 5.74) is 10.6. The van der Waals surface area contributed by atoms with Gasteiger partial charge in [-0.1, -0.05) is 140 Å². The molecule has 66 heavy (non-hydrogen) atoms. The molecule has 0 unspecified atom stereocenters. The van der Waals surface area contributed by atoms with Crippen LogP contribution in [-0.4, -0.2) is 19.5 Å². The molecule has 15 aromatic rings. The maximum atomic E-state index is 6.43. The second-order valence-corrected chi connectivity index (χ2v) is 17.1. The van der Waals surface area contributed by atoms with Gasteiger partial charge in [0, 0.05) is 65.2 Å². The standard InChI is InChI=1S/C59H32N4O3/c1-3-17-44-37(12-1)38-13-2-4-18-45(38)56-54(44)46-20-11-19-36(33-26-29-51-47(30-33)41-16-7-10-23-50(41)64-51)55(46)63(56)59-61-57(34-24-27-42-39-14-5-8-21-48(39)65-52(42)31-34)60-58(62-59)35-25-28-43-40-15-6-9-22-49(40)66-53(43)32-35/h1-32H. The van der Waals surface area contributed by atoms with Crippen LogP contribution in [-0.2, 0) is 0 Å². The van der Waals surface area contributed by atoms with Crippen molar-refractivity contribution >= 4 is 109 Å². The molecule has 0 aliphatic rings. The fourth-order valence-corrected chi connectivity index (χ4v) is 10.5. The summed E-state index contributed by atoms with van der Waals surface area (Å²) in [4.78, 5) is 16.3. The SMILES string of the molecule is c1ccc2c(c1)oc1cc(-c3nc(-c4ccc5c(c4)oc4ccccc45)nc(-n4c5c(-c6ccc7oc8ccccc8c7c6)cccc5c5c6ccccc6c6ccccc6c54)n3)ccc12. The van der Waals surface area contributed by atoms with Crippen molar-refractivity contribution in [3.8, 4) is 39.9 Å². The summed E-state index contributed by atoms with van der Waals surface area (Å²) in [5, 5.41) is 13.2. The Balaban J connectivity index is 1.08. The van der Waals surface area contributed by atoms with Gasteiger partial charge in [-0.05, 0) is 76.3 Å². The minimum Gasteiger partial charge on any atom is -0.456 e. The molecule has 5 heterocycles. The molecule has 7 heteroatoms. The van der Waals surface area contributed by atoms with Crippen LogP contribution >= 0.6 is 0 Å². The van der Waals surface area contributed by atoms with Gasteiger partial charge in [0.15, 0.2) is 11.6 Å². The Morgan fingerprint density at radius 2 is 0.742 bits per heavy atom. The predicted octanol–water partition coefficient (Wildman–Crippen LogP) is 16.0. The zero-order valence-corrected chi connectivity index (χ0v) is 35.0. The summed E-state index contributed by atoms with van der Waals surface area (Å²) in [6.45, 7) is 0. The molecule has 15 rings (SSSR count). The maximum absolute atomic E-state index is 6.43. The zero-order chi connectivity index (χ0) is 43.0. The highest BCUT2D eigenvalue weighted by Crippen LogP contribution is 2.46. The van der Waals surface area contributed by atoms with Crippen LogP contribution in [0.2, 0.25) is 0 Å². The van der Waals surface area contributed by atoms with E-state index in [4.69, 9.17) is 28.2 Å². The van der Waals surface area contributed by atoms with Gasteiger partial charge in [-0.2, -0.15) is 9.97 Å². The molecular formula is C59H32N4O3. The average Bonchev–Trinajstić information content (AvgIpc) is 4.15. The van der Waals surface area contributed by atoms with E-state index >= 15 is 0 Å². The van der Waals surface area contributed by atoms with E-state index in [0.29, 0.717) is 17.6 Å². The van der Waals surface area contributed by atoms with Crippen molar-refractivity contribution in [2.75, 3.05) is 0 Å². The summed E-state index contributed by atoms with van der Waals surface area (Å²) >= 11 is 0. The first-order valence-electron chi connectivity index (χ1n) is 22.1. The second-order valence-electron chi connectivity index (χ2n) is 17.1. The van der Waals surface area contributed by atoms with E-state index in [1.165, 1.54) is 5.39 Å². The highest BCUT2D eigenvalue weighted by atomic mass is 16.3. The molecule has 0 bridgehead atoms. The molecule has 0 aliphatic heterocycles. The summed E-state index contributed by atoms with van der Waals surface area (Å²) in [7, 11) is 0. The van der Waals surface area contributed by atoms with Crippen LogP contribution < -0.4 is 0 Å². The van der Waals surface area contributed by atoms with Crippen LogP contribution in [0.15, 0.2) is 207 Å². The minimum atomic E-state index is 0.493. The molecular weight excluding hydrogens is 813 g/mol. The average molecular weight is 845 g/mol. The number of rotatable bonds is 4. The van der Waals surface area contributed by atoms with Gasteiger partial charge in [-0.15, -0.1) is 0 Å². The summed E-state index contributed by atoms with van der Waals surface area (Å²) in [6, 6.07) is 67.4. The summed E-state index contributed by atoms with van der Waals surface area (Å²) in [6.07, 6.45) is 0. The Morgan fingerprint density at radius 1 is 0.288 bits per heavy atom. The molecule has 10 aromatic carbocycles. The van der Waals surface area contributed by atoms with E-state index in [2.05, 4.69) is 138 Å². The third-order valence-corrected chi connectivity index (χ3v) is 13.4. The maximum Gasteiger partial charge on any atom is 0.238 e. The minimum absolute atomic E-state index is 0.493. The number of benzene rings is 10. The lowest BCUT2D eigenvalue weighted by Crippen LogP contribution is -2.07. The summed E-state index contributed by atoms with van der Waals surface area (Å²) in [5.74, 6) is 1.53. The lowest BCUT2D eigenvalue weighted by Gasteiger charge is -2.14. The lowest BCUT2D eigenvalue weighted by atomic mass is 9.95. The Labute approximate surface area is 374 Å². The van der Waals surface area contributed by atoms with E-state index < -0.39 is 0 Å². The molecule has 0 aliphatic carbocycles. The van der Waals surface area contributed by atoms with Crippen LogP contribution in [0.1, 0.15) is 0 Å². The molecule has 306 valence electrons. The number of hydrogen-bond donors (Lipinski definition) is 0. The summed E-state index contributed by atoms with van der Waals surface area (Å²) < 4.78 is 21.5. The second kappa shape index (κ2) is 13.2. The smallest absolute Gasteiger partial charge is 0.238 e. The van der Waals surface area contributed by atoms with Crippen molar-refractivity contribution in [3.05, 3.63) is 194 Å². The van der Waals surface area contributed by atoms with E-state index in [1.807, 2.05) is 60.7 Å². The van der Waals surface area contributed by atoms with Crippen LogP contribution in [0, 0.1) is 0 Å². The Bertz CT molecular complexity index is 4420. The molecule has 0 saturated carbocycles. The lowest BCUT2D eigenvalue weighted by molar-refractivity contribution is 0.668. The number of fused-ring (bicyclic) bond motifs is 17. The number of hydrogen-bond acceptors (Lipinski definition) is 6. The fourth-order valence-electron chi connectivity index (χ4n) is 10.5. The monoisotopic (exact) mass is 844 g/mol. The Morgan fingerprint density at radius 3 is 1.36 bits per heavy atom. The molecule has 0 N–H and O–H groups in total. The van der Waals surface area contributed by atoms with E-state index in [0.717, 1.165) is 126 Å². The van der Waals surface area contributed by atoms with Crippen molar-refractivity contribution in [1.82, 2.24) is 19.5 Å². The van der Waals surface area contributed by atoms with Crippen molar-refractivity contribution < 1.29 is 13.3 Å². The molecule has 7 nitrogen and oxygen atoms in total. The van der Waals surface area contributed by atoms with Gasteiger partial charge in [0.1, 0.15) is 33.5 Å². The van der Waals surface area contributed by atoms with Gasteiger partial charge in [0.2, 0.25) is 5.95 Å². The highest BCUT2D eigenvalue weighted by molar-refractivity contribution is 6.33. The first kappa shape index (κ1) is 35.4. The number of nitrogens with zero attached hydrogens (tertiary/aromatic N) is 4. The van der Waals surface area contributed by atoms with Crippen molar-refractivity contribution in [1.29, 1.82) is 0 Å². The van der Waals surface area contributed by atoms with Gasteiger partial charge in [0.25, 0.3) is 0 Å². The molecule has 0 amide bonds. The predicted molar refractivity (Wildman–Crippen MR) is 267 cm³/mol. The van der Waals surface area contributed by atoms with Gasteiger partial charge in [0.05, 0.1) is 11.0 Å². The molecule has 0 spiro atoms. The molecule has 0 saturated heterocycles. The van der Waals surface area contributed by atoms with Crippen LogP contribution in [0.5, 0.6) is 0 Å². The van der Waals surface area contributed by atoms with Gasteiger partial charge < -0.3 is 13.3 Å². The zero-order valence-electron chi connectivity index (χ0n) is 35.0. The van der Waals surface area contributed by atoms with Crippen molar-refractivity contribution in [3.63, 3.8) is 0 Å². The molecule has 0 radical (unpaired) electrons. The number of para-hydroxylation sites is 4. The van der Waals surface area contributed by atoms with E-state index in [9.17, 15) is 0 Å². The van der Waals surface area contributed by atoms with Gasteiger partial charge >= 0.3 is 0 Å². The first-order chi connectivity index (χ1) is 32.7. The van der Waals surface area contributed by atoms with Gasteiger partial charge in [-0.3, -0.25) is 4.57 Å². The number of furan rings is 3. The van der Waals surface area contributed by atoms with Crippen LogP contribution in [0.3, 0.4) is 0 Å². The Kier molecular flexibility index (Phi) is 7.10. The van der Waals surface area contributed by atoms with E-state index in [-0.39, 0.29) is 0 Å². The van der Waals surface area contributed by atoms with Gasteiger partial charge in [-0.25, -0.2) is 4.98 Å². The number of aromatic nitrogens is 4. The molecule has 5 aromatic heterocycles. The highest BCUT2D eigenvalue weighted by Gasteiger charge is 2.25. The Hall–Kier alpha value is -9.07. The fraction of sp³-hybridized carbons (Fsp3) is 0. The largest absolute Gasteiger partial charge is 0.456 e. The van der Waals surface area contributed by atoms with E-state index in [1.54, 1.807) is 0 Å². The quantitative estimate of drug-likeness (QED) is 0.164. The van der Waals surface area contributed by atoms with Crippen molar-refractivity contribution in [2.24, 2.45) is 0 Å². The van der Waals surface area contributed by atoms with Crippen LogP contribution in [0.25, 0.3) is 149 Å². The normalized spacial score (nSPS) is 12.2. The van der Waals surface area contributed by atoms with Crippen molar-refractivity contribution in [2.45, 2.75) is 0 Å². The topological polar surface area (TPSA) is 83.0 Å². The third-order valence-electron chi connectivity index (χ3n) is 13.4. The molecule has 0 atom stereocenters.